The standard InChI is InChI=1S/C15H11N7/c16-14-11(7-17-9-20-14)10-4-6-19-15-12(10)8-21-22(15)13-3-1-2-5-18-13/h1-9H,(H2,16,17,20). The molecule has 0 saturated carbocycles. The summed E-state index contributed by atoms with van der Waals surface area (Å²) < 4.78 is 1.69. The first-order chi connectivity index (χ1) is 10.8. The Bertz CT molecular complexity index is 946. The number of nitrogens with zero attached hydrogens (tertiary/aromatic N) is 6. The van der Waals surface area contributed by atoms with Gasteiger partial charge in [-0.1, -0.05) is 6.07 Å². The molecule has 0 atom stereocenters. The second-order valence-corrected chi connectivity index (χ2v) is 4.66. The van der Waals surface area contributed by atoms with Crippen LogP contribution < -0.4 is 5.73 Å². The van der Waals surface area contributed by atoms with Crippen LogP contribution in [0.1, 0.15) is 0 Å². The maximum absolute atomic E-state index is 5.95. The highest BCUT2D eigenvalue weighted by Gasteiger charge is 2.13. The summed E-state index contributed by atoms with van der Waals surface area (Å²) in [5.41, 5.74) is 8.31. The highest BCUT2D eigenvalue weighted by Crippen LogP contribution is 2.30. The van der Waals surface area contributed by atoms with E-state index in [-0.39, 0.29) is 0 Å². The molecular weight excluding hydrogens is 278 g/mol. The van der Waals surface area contributed by atoms with Gasteiger partial charge in [0, 0.05) is 35.1 Å². The van der Waals surface area contributed by atoms with Crippen molar-refractivity contribution >= 4 is 16.9 Å². The van der Waals surface area contributed by atoms with Crippen LogP contribution in [0.25, 0.3) is 28.0 Å². The number of anilines is 1. The van der Waals surface area contributed by atoms with E-state index >= 15 is 0 Å². The predicted octanol–water partition coefficient (Wildman–Crippen LogP) is 1.85. The number of aromatic nitrogens is 6. The van der Waals surface area contributed by atoms with E-state index in [9.17, 15) is 0 Å². The molecule has 0 aliphatic rings. The van der Waals surface area contributed by atoms with Gasteiger partial charge in [0.1, 0.15) is 12.1 Å². The minimum absolute atomic E-state index is 0.424. The summed E-state index contributed by atoms with van der Waals surface area (Å²) in [5.74, 6) is 1.13. The Morgan fingerprint density at radius 2 is 1.86 bits per heavy atom. The van der Waals surface area contributed by atoms with Gasteiger partial charge in [0.25, 0.3) is 0 Å². The Kier molecular flexibility index (Phi) is 2.75. The van der Waals surface area contributed by atoms with Crippen LogP contribution in [0.5, 0.6) is 0 Å². The van der Waals surface area contributed by atoms with Crippen molar-refractivity contribution in [3.63, 3.8) is 0 Å². The van der Waals surface area contributed by atoms with Gasteiger partial charge in [0.2, 0.25) is 0 Å². The van der Waals surface area contributed by atoms with Crippen LogP contribution in [0.15, 0.2) is 55.4 Å². The van der Waals surface area contributed by atoms with Gasteiger partial charge in [-0.3, -0.25) is 0 Å². The monoisotopic (exact) mass is 289 g/mol. The second-order valence-electron chi connectivity index (χ2n) is 4.66. The third-order valence-electron chi connectivity index (χ3n) is 3.37. The molecular formula is C15H11N7. The summed E-state index contributed by atoms with van der Waals surface area (Å²) in [5, 5.41) is 5.26. The molecule has 0 spiro atoms. The number of rotatable bonds is 2. The topological polar surface area (TPSA) is 95.4 Å². The first-order valence-electron chi connectivity index (χ1n) is 6.64. The summed E-state index contributed by atoms with van der Waals surface area (Å²) in [4.78, 5) is 16.8. The molecule has 4 heterocycles. The average Bonchev–Trinajstić information content (AvgIpc) is 3.00. The lowest BCUT2D eigenvalue weighted by Gasteiger charge is -2.05. The quantitative estimate of drug-likeness (QED) is 0.605. The molecule has 0 aliphatic heterocycles. The molecule has 4 aromatic rings. The van der Waals surface area contributed by atoms with E-state index in [1.807, 2.05) is 24.3 Å². The zero-order valence-corrected chi connectivity index (χ0v) is 11.5. The second kappa shape index (κ2) is 4.88. The zero-order valence-electron chi connectivity index (χ0n) is 11.5. The third-order valence-corrected chi connectivity index (χ3v) is 3.37. The van der Waals surface area contributed by atoms with E-state index < -0.39 is 0 Å². The maximum atomic E-state index is 5.95. The van der Waals surface area contributed by atoms with Crippen LogP contribution in [0.2, 0.25) is 0 Å². The van der Waals surface area contributed by atoms with Crippen LogP contribution in [0.3, 0.4) is 0 Å². The fourth-order valence-electron chi connectivity index (χ4n) is 2.36. The number of fused-ring (bicyclic) bond motifs is 1. The van der Waals surface area contributed by atoms with Crippen molar-refractivity contribution in [3.05, 3.63) is 55.4 Å². The molecule has 7 heteroatoms. The molecule has 4 rings (SSSR count). The van der Waals surface area contributed by atoms with Gasteiger partial charge in [0.15, 0.2) is 11.5 Å². The molecule has 0 fully saturated rings. The Morgan fingerprint density at radius 1 is 0.909 bits per heavy atom. The summed E-state index contributed by atoms with van der Waals surface area (Å²) >= 11 is 0. The molecule has 0 saturated heterocycles. The first kappa shape index (κ1) is 12.4. The van der Waals surface area contributed by atoms with Crippen LogP contribution in [0.4, 0.5) is 5.82 Å². The van der Waals surface area contributed by atoms with Crippen molar-refractivity contribution in [1.29, 1.82) is 0 Å². The number of hydrogen-bond donors (Lipinski definition) is 1. The van der Waals surface area contributed by atoms with Crippen molar-refractivity contribution < 1.29 is 0 Å². The smallest absolute Gasteiger partial charge is 0.165 e. The molecule has 0 radical (unpaired) electrons. The minimum Gasteiger partial charge on any atom is -0.383 e. The van der Waals surface area contributed by atoms with Gasteiger partial charge < -0.3 is 5.73 Å². The SMILES string of the molecule is Nc1ncncc1-c1ccnc2c1cnn2-c1ccccn1. The van der Waals surface area contributed by atoms with Gasteiger partial charge in [-0.25, -0.2) is 19.9 Å². The molecule has 0 aromatic carbocycles. The average molecular weight is 289 g/mol. The van der Waals surface area contributed by atoms with E-state index in [4.69, 9.17) is 5.73 Å². The number of nitrogen functional groups attached to an aromatic ring is 1. The Balaban J connectivity index is 1.97. The predicted molar refractivity (Wildman–Crippen MR) is 82.1 cm³/mol. The summed E-state index contributed by atoms with van der Waals surface area (Å²) in [6.07, 6.45) is 8.30. The van der Waals surface area contributed by atoms with Crippen LogP contribution in [-0.2, 0) is 0 Å². The molecule has 0 unspecified atom stereocenters. The largest absolute Gasteiger partial charge is 0.383 e. The molecule has 4 aromatic heterocycles. The Hall–Kier alpha value is -3.35. The third kappa shape index (κ3) is 1.87. The lowest BCUT2D eigenvalue weighted by atomic mass is 10.1. The van der Waals surface area contributed by atoms with Crippen molar-refractivity contribution in [3.8, 4) is 16.9 Å². The Morgan fingerprint density at radius 3 is 2.68 bits per heavy atom. The molecule has 0 aliphatic carbocycles. The molecule has 22 heavy (non-hydrogen) atoms. The van der Waals surface area contributed by atoms with Crippen LogP contribution in [-0.4, -0.2) is 29.7 Å². The molecule has 2 N–H and O–H groups in total. The van der Waals surface area contributed by atoms with E-state index in [1.165, 1.54) is 6.33 Å². The zero-order chi connectivity index (χ0) is 14.9. The van der Waals surface area contributed by atoms with Gasteiger partial charge in [-0.2, -0.15) is 9.78 Å². The lowest BCUT2D eigenvalue weighted by molar-refractivity contribution is 0.863. The maximum Gasteiger partial charge on any atom is 0.165 e. The van der Waals surface area contributed by atoms with Crippen molar-refractivity contribution in [1.82, 2.24) is 29.7 Å². The van der Waals surface area contributed by atoms with Crippen molar-refractivity contribution in [2.24, 2.45) is 0 Å². The number of hydrogen-bond acceptors (Lipinski definition) is 6. The van der Waals surface area contributed by atoms with E-state index in [0.29, 0.717) is 17.3 Å². The normalized spacial score (nSPS) is 10.9. The van der Waals surface area contributed by atoms with Gasteiger partial charge in [-0.15, -0.1) is 0 Å². The van der Waals surface area contributed by atoms with Crippen LogP contribution >= 0.6 is 0 Å². The fourth-order valence-corrected chi connectivity index (χ4v) is 2.36. The van der Waals surface area contributed by atoms with Gasteiger partial charge in [-0.05, 0) is 18.2 Å². The lowest BCUT2D eigenvalue weighted by Crippen LogP contribution is -2.00. The first-order valence-corrected chi connectivity index (χ1v) is 6.64. The number of nitrogens with two attached hydrogens (primary N) is 1. The highest BCUT2D eigenvalue weighted by atomic mass is 15.3. The Labute approximate surface area is 125 Å². The number of pyridine rings is 2. The van der Waals surface area contributed by atoms with E-state index in [0.717, 1.165) is 16.5 Å². The van der Waals surface area contributed by atoms with Gasteiger partial charge >= 0.3 is 0 Å². The fraction of sp³-hybridized carbons (Fsp3) is 0. The van der Waals surface area contributed by atoms with E-state index in [2.05, 4.69) is 25.0 Å². The van der Waals surface area contributed by atoms with Crippen molar-refractivity contribution in [2.45, 2.75) is 0 Å². The summed E-state index contributed by atoms with van der Waals surface area (Å²) in [6.45, 7) is 0. The van der Waals surface area contributed by atoms with E-state index in [1.54, 1.807) is 29.5 Å². The highest BCUT2D eigenvalue weighted by molar-refractivity contribution is 5.95. The van der Waals surface area contributed by atoms with Crippen molar-refractivity contribution in [2.75, 3.05) is 5.73 Å². The minimum atomic E-state index is 0.424. The molecule has 7 nitrogen and oxygen atoms in total. The summed E-state index contributed by atoms with van der Waals surface area (Å²) in [6, 6.07) is 7.52. The summed E-state index contributed by atoms with van der Waals surface area (Å²) in [7, 11) is 0. The molecule has 0 amide bonds. The molecule has 106 valence electrons. The van der Waals surface area contributed by atoms with Gasteiger partial charge in [0.05, 0.1) is 6.20 Å². The van der Waals surface area contributed by atoms with Crippen LogP contribution in [0, 0.1) is 0 Å². The molecule has 0 bridgehead atoms.